The molecule has 0 aliphatic heterocycles. The lowest BCUT2D eigenvalue weighted by Crippen LogP contribution is -2.18. The molecule has 1 aromatic rings. The molecule has 0 saturated heterocycles. The number of hydrogen-bond acceptors (Lipinski definition) is 3. The van der Waals surface area contributed by atoms with Crippen LogP contribution in [-0.4, -0.2) is 9.97 Å². The summed E-state index contributed by atoms with van der Waals surface area (Å²) in [5.74, 6) is 0.860. The molecule has 0 spiro atoms. The van der Waals surface area contributed by atoms with E-state index in [1.807, 2.05) is 13.1 Å². The average Bonchev–Trinajstić information content (AvgIpc) is 2.03. The first-order chi connectivity index (χ1) is 5.95. The van der Waals surface area contributed by atoms with Gasteiger partial charge in [-0.3, -0.25) is 0 Å². The van der Waals surface area contributed by atoms with Gasteiger partial charge in [0.25, 0.3) is 0 Å². The maximum Gasteiger partial charge on any atom is 0.133 e. The molecule has 0 amide bonds. The van der Waals surface area contributed by atoms with Crippen molar-refractivity contribution in [2.75, 3.05) is 0 Å². The second kappa shape index (κ2) is 3.42. The average molecular weight is 179 g/mol. The summed E-state index contributed by atoms with van der Waals surface area (Å²) in [5, 5.41) is 0. The minimum Gasteiger partial charge on any atom is -0.325 e. The number of aryl methyl sites for hydroxylation is 1. The molecule has 1 heterocycles. The van der Waals surface area contributed by atoms with Crippen LogP contribution in [0.3, 0.4) is 0 Å². The van der Waals surface area contributed by atoms with Gasteiger partial charge in [-0.2, -0.15) is 0 Å². The summed E-state index contributed by atoms with van der Waals surface area (Å²) in [6, 6.07) is 0. The van der Waals surface area contributed by atoms with Crippen LogP contribution in [-0.2, 0) is 12.0 Å². The lowest BCUT2D eigenvalue weighted by molar-refractivity contribution is 0.540. The topological polar surface area (TPSA) is 51.8 Å². The first-order valence-electron chi connectivity index (χ1n) is 4.48. The molecule has 0 aliphatic carbocycles. The summed E-state index contributed by atoms with van der Waals surface area (Å²) < 4.78 is 0. The molecule has 1 aromatic heterocycles. The molecule has 0 aliphatic rings. The van der Waals surface area contributed by atoms with E-state index in [9.17, 15) is 0 Å². The van der Waals surface area contributed by atoms with Gasteiger partial charge in [0.1, 0.15) is 5.82 Å². The van der Waals surface area contributed by atoms with E-state index in [-0.39, 0.29) is 5.41 Å². The van der Waals surface area contributed by atoms with Crippen molar-refractivity contribution in [2.45, 2.75) is 39.7 Å². The first kappa shape index (κ1) is 10.1. The van der Waals surface area contributed by atoms with Crippen molar-refractivity contribution >= 4 is 0 Å². The van der Waals surface area contributed by atoms with Crippen molar-refractivity contribution in [3.05, 3.63) is 23.3 Å². The van der Waals surface area contributed by atoms with Crippen LogP contribution in [0.25, 0.3) is 0 Å². The van der Waals surface area contributed by atoms with Crippen LogP contribution in [0.4, 0.5) is 0 Å². The molecular formula is C10H17N3. The Morgan fingerprint density at radius 3 is 2.46 bits per heavy atom. The standard InChI is InChI=1S/C10H17N3/c1-7-6-12-9(10(2,3)4)13-8(7)5-11/h6H,5,11H2,1-4H3. The first-order valence-corrected chi connectivity index (χ1v) is 4.48. The highest BCUT2D eigenvalue weighted by atomic mass is 14.9. The van der Waals surface area contributed by atoms with Crippen molar-refractivity contribution in [1.82, 2.24) is 9.97 Å². The number of nitrogens with two attached hydrogens (primary N) is 1. The Labute approximate surface area is 79.4 Å². The monoisotopic (exact) mass is 179 g/mol. The molecule has 0 unspecified atom stereocenters. The lowest BCUT2D eigenvalue weighted by atomic mass is 9.95. The summed E-state index contributed by atoms with van der Waals surface area (Å²) in [6.45, 7) is 8.75. The lowest BCUT2D eigenvalue weighted by Gasteiger charge is -2.17. The van der Waals surface area contributed by atoms with Crippen LogP contribution in [0.1, 0.15) is 37.9 Å². The fraction of sp³-hybridized carbons (Fsp3) is 0.600. The van der Waals surface area contributed by atoms with E-state index in [4.69, 9.17) is 5.73 Å². The Balaban J connectivity index is 3.14. The van der Waals surface area contributed by atoms with E-state index in [1.165, 1.54) is 0 Å². The van der Waals surface area contributed by atoms with Crippen LogP contribution >= 0.6 is 0 Å². The van der Waals surface area contributed by atoms with E-state index in [0.717, 1.165) is 17.1 Å². The zero-order chi connectivity index (χ0) is 10.1. The Morgan fingerprint density at radius 2 is 2.00 bits per heavy atom. The molecule has 72 valence electrons. The fourth-order valence-electron chi connectivity index (χ4n) is 1.05. The molecule has 0 saturated carbocycles. The molecule has 13 heavy (non-hydrogen) atoms. The molecule has 2 N–H and O–H groups in total. The predicted octanol–water partition coefficient (Wildman–Crippen LogP) is 1.54. The normalized spacial score (nSPS) is 11.8. The van der Waals surface area contributed by atoms with E-state index in [2.05, 4.69) is 30.7 Å². The third kappa shape index (κ3) is 2.25. The number of hydrogen-bond donors (Lipinski definition) is 1. The summed E-state index contributed by atoms with van der Waals surface area (Å²) in [6.07, 6.45) is 1.84. The highest BCUT2D eigenvalue weighted by Gasteiger charge is 2.17. The molecule has 0 aromatic carbocycles. The Kier molecular flexibility index (Phi) is 2.66. The van der Waals surface area contributed by atoms with Crippen molar-refractivity contribution < 1.29 is 0 Å². The van der Waals surface area contributed by atoms with Crippen molar-refractivity contribution in [1.29, 1.82) is 0 Å². The summed E-state index contributed by atoms with van der Waals surface area (Å²) in [4.78, 5) is 8.72. The van der Waals surface area contributed by atoms with E-state index in [1.54, 1.807) is 0 Å². The SMILES string of the molecule is Cc1cnc(C(C)(C)C)nc1CN. The Morgan fingerprint density at radius 1 is 1.38 bits per heavy atom. The minimum atomic E-state index is -0.00236. The fourth-order valence-corrected chi connectivity index (χ4v) is 1.05. The Hall–Kier alpha value is -0.960. The molecule has 3 heteroatoms. The van der Waals surface area contributed by atoms with Gasteiger partial charge < -0.3 is 5.73 Å². The minimum absolute atomic E-state index is 0.00236. The molecular weight excluding hydrogens is 162 g/mol. The van der Waals surface area contributed by atoms with Crippen LogP contribution in [0.5, 0.6) is 0 Å². The molecule has 0 atom stereocenters. The number of aromatic nitrogens is 2. The van der Waals surface area contributed by atoms with Crippen molar-refractivity contribution in [2.24, 2.45) is 5.73 Å². The summed E-state index contributed by atoms with van der Waals surface area (Å²) >= 11 is 0. The predicted molar refractivity (Wildman–Crippen MR) is 53.4 cm³/mol. The molecule has 3 nitrogen and oxygen atoms in total. The maximum atomic E-state index is 5.57. The molecule has 0 fully saturated rings. The van der Waals surface area contributed by atoms with Gasteiger partial charge >= 0.3 is 0 Å². The Bertz CT molecular complexity index is 300. The van der Waals surface area contributed by atoms with Gasteiger partial charge in [-0.25, -0.2) is 9.97 Å². The van der Waals surface area contributed by atoms with Gasteiger partial charge in [-0.15, -0.1) is 0 Å². The van der Waals surface area contributed by atoms with Crippen LogP contribution in [0, 0.1) is 6.92 Å². The van der Waals surface area contributed by atoms with Crippen LogP contribution < -0.4 is 5.73 Å². The number of rotatable bonds is 1. The smallest absolute Gasteiger partial charge is 0.133 e. The van der Waals surface area contributed by atoms with E-state index >= 15 is 0 Å². The van der Waals surface area contributed by atoms with Gasteiger partial charge in [-0.1, -0.05) is 20.8 Å². The molecule has 0 radical (unpaired) electrons. The zero-order valence-corrected chi connectivity index (χ0v) is 8.76. The summed E-state index contributed by atoms with van der Waals surface area (Å²) in [5.41, 5.74) is 7.58. The summed E-state index contributed by atoms with van der Waals surface area (Å²) in [7, 11) is 0. The second-order valence-corrected chi connectivity index (χ2v) is 4.28. The highest BCUT2D eigenvalue weighted by molar-refractivity contribution is 5.17. The van der Waals surface area contributed by atoms with E-state index < -0.39 is 0 Å². The van der Waals surface area contributed by atoms with Gasteiger partial charge in [0, 0.05) is 18.2 Å². The van der Waals surface area contributed by atoms with Crippen molar-refractivity contribution in [3.8, 4) is 0 Å². The van der Waals surface area contributed by atoms with Crippen molar-refractivity contribution in [3.63, 3.8) is 0 Å². The van der Waals surface area contributed by atoms with Gasteiger partial charge in [0.15, 0.2) is 0 Å². The van der Waals surface area contributed by atoms with E-state index in [0.29, 0.717) is 6.54 Å². The zero-order valence-electron chi connectivity index (χ0n) is 8.76. The van der Waals surface area contributed by atoms with Crippen LogP contribution in [0.15, 0.2) is 6.20 Å². The van der Waals surface area contributed by atoms with Gasteiger partial charge in [-0.05, 0) is 12.5 Å². The van der Waals surface area contributed by atoms with Gasteiger partial charge in [0.05, 0.1) is 5.69 Å². The largest absolute Gasteiger partial charge is 0.325 e. The van der Waals surface area contributed by atoms with Crippen LogP contribution in [0.2, 0.25) is 0 Å². The van der Waals surface area contributed by atoms with Gasteiger partial charge in [0.2, 0.25) is 0 Å². The highest BCUT2D eigenvalue weighted by Crippen LogP contribution is 2.18. The molecule has 1 rings (SSSR count). The maximum absolute atomic E-state index is 5.57. The number of nitrogens with zero attached hydrogens (tertiary/aromatic N) is 2. The quantitative estimate of drug-likeness (QED) is 0.711. The molecule has 0 bridgehead atoms. The third-order valence-corrected chi connectivity index (χ3v) is 1.94. The second-order valence-electron chi connectivity index (χ2n) is 4.28. The third-order valence-electron chi connectivity index (χ3n) is 1.94.